The zero-order chi connectivity index (χ0) is 92.6. The normalized spacial score (nSPS) is 16.0. The van der Waals surface area contributed by atoms with E-state index in [4.69, 9.17) is 14.2 Å². The number of nitrogens with zero attached hydrogens (tertiary/aromatic N) is 7. The highest BCUT2D eigenvalue weighted by molar-refractivity contribution is 6.01. The van der Waals surface area contributed by atoms with Crippen molar-refractivity contribution in [3.63, 3.8) is 0 Å². The lowest BCUT2D eigenvalue weighted by Gasteiger charge is -2.40. The number of imide groups is 1. The SMILES string of the molecule is CC=CCC(C)C(O)C(CNC(CC)C(=O)N(C)CC(=O)N(C)C(CC(C)C)C(=O)NC(C(=O)N(C)C(CC(C)C)C(=O)NC(C)C(=O)NC(COCC(=O)NCCOCCOCCNC(=O)CN1C(=O)CC(CC(O)C(CC(C)C)C(=O)CC)CC1=O)C(=O)N(C)C(CC(C)C)C(=O)NC)C(C)C)N(C)C(=O)C(C(C)C)N(C)C(=O)CCC(C)C. The highest BCUT2D eigenvalue weighted by Crippen LogP contribution is 2.30. The number of amides is 14. The Hall–Kier alpha value is -8.05. The third-order valence-electron chi connectivity index (χ3n) is 21.9. The van der Waals surface area contributed by atoms with Gasteiger partial charge in [0, 0.05) is 101 Å². The molecule has 1 saturated heterocycles. The number of aliphatic hydroxyl groups is 2. The van der Waals surface area contributed by atoms with Crippen LogP contribution in [0.1, 0.15) is 209 Å². The number of nitrogens with one attached hydrogen (secondary N) is 7. The van der Waals surface area contributed by atoms with Gasteiger partial charge in [0.25, 0.3) is 0 Å². The fourth-order valence-electron chi connectivity index (χ4n) is 14.5. The maximum atomic E-state index is 14.9. The first kappa shape index (κ1) is 111. The molecule has 1 fully saturated rings. The van der Waals surface area contributed by atoms with Gasteiger partial charge in [0.15, 0.2) is 0 Å². The summed E-state index contributed by atoms with van der Waals surface area (Å²) < 4.78 is 16.8. The zero-order valence-corrected chi connectivity index (χ0v) is 77.9. The molecule has 1 aliphatic heterocycles. The molecule has 0 bridgehead atoms. The molecular weight excluding hydrogens is 1560 g/mol. The Morgan fingerprint density at radius 3 is 1.55 bits per heavy atom. The maximum Gasteiger partial charge on any atom is 0.247 e. The minimum absolute atomic E-state index is 0.0255. The van der Waals surface area contributed by atoms with Gasteiger partial charge in [0.2, 0.25) is 82.7 Å². The van der Waals surface area contributed by atoms with Crippen LogP contribution in [0.4, 0.5) is 0 Å². The van der Waals surface area contributed by atoms with Gasteiger partial charge in [0.1, 0.15) is 61.2 Å². The van der Waals surface area contributed by atoms with Crippen LogP contribution in [0.3, 0.4) is 0 Å². The van der Waals surface area contributed by atoms with Gasteiger partial charge in [-0.2, -0.15) is 0 Å². The molecule has 0 aromatic carbocycles. The lowest BCUT2D eigenvalue weighted by molar-refractivity contribution is -0.153. The van der Waals surface area contributed by atoms with Crippen LogP contribution >= 0.6 is 0 Å². The molecule has 34 heteroatoms. The summed E-state index contributed by atoms with van der Waals surface area (Å²) in [7, 11) is 10.3. The molecule has 1 heterocycles. The molecule has 0 radical (unpaired) electrons. The number of hydrogen-bond donors (Lipinski definition) is 9. The number of likely N-dealkylation sites (N-methyl/N-ethyl adjacent to an activating group) is 7. The van der Waals surface area contributed by atoms with Crippen molar-refractivity contribution in [2.45, 2.75) is 275 Å². The van der Waals surface area contributed by atoms with Crippen LogP contribution in [-0.2, 0) is 86.1 Å². The molecule has 0 aromatic heterocycles. The lowest BCUT2D eigenvalue weighted by atomic mass is 9.81. The van der Waals surface area contributed by atoms with Gasteiger partial charge >= 0.3 is 0 Å². The van der Waals surface area contributed by atoms with E-state index in [1.54, 1.807) is 41.8 Å². The average molecular weight is 1720 g/mol. The zero-order valence-electron chi connectivity index (χ0n) is 77.9. The summed E-state index contributed by atoms with van der Waals surface area (Å²) in [6.45, 7) is 33.2. The van der Waals surface area contributed by atoms with E-state index in [-0.39, 0.29) is 163 Å². The van der Waals surface area contributed by atoms with E-state index in [9.17, 15) is 82.1 Å². The van der Waals surface area contributed by atoms with E-state index >= 15 is 0 Å². The Morgan fingerprint density at radius 2 is 1.06 bits per heavy atom. The molecule has 0 spiro atoms. The number of ether oxygens (including phenoxy) is 3. The minimum atomic E-state index is -1.51. The van der Waals surface area contributed by atoms with Gasteiger partial charge in [-0.15, -0.1) is 0 Å². The number of ketones is 1. The molecule has 694 valence electrons. The Labute approximate surface area is 721 Å². The molecule has 13 unspecified atom stereocenters. The van der Waals surface area contributed by atoms with Crippen molar-refractivity contribution in [2.75, 3.05) is 122 Å². The second-order valence-corrected chi connectivity index (χ2v) is 35.4. The fraction of sp³-hybridized carbons (Fsp3) is 0.805. The van der Waals surface area contributed by atoms with Crippen molar-refractivity contribution in [2.24, 2.45) is 59.2 Å². The first-order chi connectivity index (χ1) is 56.5. The number of hydrogen-bond acceptors (Lipinski definition) is 21. The molecule has 34 nitrogen and oxygen atoms in total. The smallest absolute Gasteiger partial charge is 0.247 e. The van der Waals surface area contributed by atoms with Crippen LogP contribution in [0, 0.1) is 59.2 Å². The second-order valence-electron chi connectivity index (χ2n) is 35.4. The molecule has 0 aliphatic carbocycles. The van der Waals surface area contributed by atoms with E-state index in [1.807, 2.05) is 109 Å². The van der Waals surface area contributed by atoms with Gasteiger partial charge in [-0.1, -0.05) is 130 Å². The topological polar surface area (TPSA) is 431 Å². The van der Waals surface area contributed by atoms with E-state index in [0.717, 1.165) is 4.90 Å². The fourth-order valence-corrected chi connectivity index (χ4v) is 14.5. The molecule has 1 rings (SSSR count). The van der Waals surface area contributed by atoms with Crippen LogP contribution in [0.15, 0.2) is 12.2 Å². The van der Waals surface area contributed by atoms with Gasteiger partial charge in [-0.3, -0.25) is 76.8 Å². The summed E-state index contributed by atoms with van der Waals surface area (Å²) in [5.74, 6) is -10.3. The monoisotopic (exact) mass is 1720 g/mol. The van der Waals surface area contributed by atoms with Gasteiger partial charge in [-0.05, 0) is 118 Å². The van der Waals surface area contributed by atoms with E-state index in [0.29, 0.717) is 19.3 Å². The van der Waals surface area contributed by atoms with Gasteiger partial charge in [-0.25, -0.2) is 0 Å². The second kappa shape index (κ2) is 56.7. The highest BCUT2D eigenvalue weighted by Gasteiger charge is 2.43. The number of Topliss-reactive ketones (excluding diaryl/α,β-unsaturated/α-hetero) is 1. The summed E-state index contributed by atoms with van der Waals surface area (Å²) >= 11 is 0. The predicted octanol–water partition coefficient (Wildman–Crippen LogP) is 3.46. The van der Waals surface area contributed by atoms with E-state index < -0.39 is 182 Å². The molecule has 0 saturated carbocycles. The third kappa shape index (κ3) is 38.7. The summed E-state index contributed by atoms with van der Waals surface area (Å²) in [6, 6.07) is -10.1. The minimum Gasteiger partial charge on any atom is -0.392 e. The number of piperidine rings is 1. The summed E-state index contributed by atoms with van der Waals surface area (Å²) in [5.41, 5.74) is 0. The van der Waals surface area contributed by atoms with Crippen LogP contribution in [-0.4, -0.2) is 321 Å². The van der Waals surface area contributed by atoms with Crippen LogP contribution in [0.2, 0.25) is 0 Å². The summed E-state index contributed by atoms with van der Waals surface area (Å²) in [4.78, 5) is 216. The van der Waals surface area contributed by atoms with Gasteiger partial charge in [0.05, 0.1) is 63.9 Å². The molecule has 1 aliphatic rings. The molecule has 0 aromatic rings. The van der Waals surface area contributed by atoms with Crippen molar-refractivity contribution in [1.29, 1.82) is 0 Å². The van der Waals surface area contributed by atoms with Crippen LogP contribution < -0.4 is 37.2 Å². The third-order valence-corrected chi connectivity index (χ3v) is 21.9. The number of rotatable bonds is 59. The molecule has 121 heavy (non-hydrogen) atoms. The Morgan fingerprint density at radius 1 is 0.545 bits per heavy atom. The van der Waals surface area contributed by atoms with Crippen molar-refractivity contribution in [3.8, 4) is 0 Å². The van der Waals surface area contributed by atoms with Crippen molar-refractivity contribution in [3.05, 3.63) is 12.2 Å². The average Bonchev–Trinajstić information content (AvgIpc) is 0.819. The van der Waals surface area contributed by atoms with Gasteiger partial charge < -0.3 is 91.0 Å². The Bertz CT molecular complexity index is 3320. The van der Waals surface area contributed by atoms with Crippen LogP contribution in [0.25, 0.3) is 0 Å². The quantitative estimate of drug-likeness (QED) is 0.0239. The van der Waals surface area contributed by atoms with Crippen molar-refractivity contribution in [1.82, 2.24) is 71.5 Å². The van der Waals surface area contributed by atoms with E-state index in [1.165, 1.54) is 71.6 Å². The highest BCUT2D eigenvalue weighted by atomic mass is 16.5. The predicted molar refractivity (Wildman–Crippen MR) is 462 cm³/mol. The molecular formula is C87H156N14O20. The summed E-state index contributed by atoms with van der Waals surface area (Å²) in [5, 5.41) is 42.2. The lowest BCUT2D eigenvalue weighted by Crippen LogP contribution is -2.61. The molecule has 9 N–H and O–H groups in total. The maximum absolute atomic E-state index is 14.9. The summed E-state index contributed by atoms with van der Waals surface area (Å²) in [6.07, 6.45) is 4.70. The van der Waals surface area contributed by atoms with Crippen molar-refractivity contribution >= 4 is 88.5 Å². The number of carbonyl (C=O) groups is 15. The Kier molecular flexibility index (Phi) is 52.0. The molecule has 14 amide bonds. The first-order valence-electron chi connectivity index (χ1n) is 43.6. The first-order valence-corrected chi connectivity index (χ1v) is 43.6. The number of aliphatic hydroxyl groups excluding tert-OH is 2. The Balaban J connectivity index is 3.22. The molecule has 13 atom stereocenters. The van der Waals surface area contributed by atoms with E-state index in [2.05, 4.69) is 37.2 Å². The number of carbonyl (C=O) groups excluding carboxylic acids is 15. The number of likely N-dealkylation sites (tertiary alicyclic amines) is 1. The standard InChI is InChI=1S/C87H156N14O20/c1-27-30-31-59(18)79(110)68(99(25)87(118)78(58(16)17)100(26)73(106)33-32-52(4)5)47-91-63(28-2)84(115)95(21)49-76(109)96(22)66(42-55(10)11)83(114)94-77(57(14)15)86(117)98(24)67(43-56(12)13)82(113)92-60(19)80(111)93-64(85(116)97(23)65(41-54(8)9)81(112)88-20)50-121-51-72(105)90-35-37-120-39-38-119-36-34-89-71(104)48-101-74(107)45-61(46-75(101)108)44-70(103)62(40-53(6)7)69(102)29-3/h27,30,52-68,70,77-79,91,103,110H,28-29,31-51H2,1-26H3,(H,88,112)(H,89,104)(H,90,105)(H,92,113)(H,93,111)(H,94,114). The number of allylic oxidation sites excluding steroid dienone is 2. The van der Waals surface area contributed by atoms with Crippen molar-refractivity contribution < 1.29 is 96.3 Å². The largest absolute Gasteiger partial charge is 0.392 e. The van der Waals surface area contributed by atoms with Crippen LogP contribution in [0.5, 0.6) is 0 Å².